The largest absolute Gasteiger partial charge is 0.252 e. The van der Waals surface area contributed by atoms with E-state index in [1.165, 1.54) is 10.4 Å². The first kappa shape index (κ1) is 13.5. The van der Waals surface area contributed by atoms with Crippen LogP contribution in [0.2, 0.25) is 0 Å². The van der Waals surface area contributed by atoms with Gasteiger partial charge in [0, 0.05) is 13.1 Å². The van der Waals surface area contributed by atoms with Crippen molar-refractivity contribution in [1.82, 2.24) is 4.31 Å². The Morgan fingerprint density at radius 1 is 1.24 bits per heavy atom. The third kappa shape index (κ3) is 2.90. The smallest absolute Gasteiger partial charge is 0.229 e. The van der Waals surface area contributed by atoms with Crippen molar-refractivity contribution >= 4 is 47.1 Å². The summed E-state index contributed by atoms with van der Waals surface area (Å²) in [6.07, 6.45) is 0. The van der Waals surface area contributed by atoms with Gasteiger partial charge in [-0.3, -0.25) is 0 Å². The van der Waals surface area contributed by atoms with Crippen LogP contribution in [0.15, 0.2) is 20.1 Å². The van der Waals surface area contributed by atoms with Gasteiger partial charge in [-0.05, 0) is 28.1 Å². The zero-order valence-corrected chi connectivity index (χ0v) is 12.7. The fourth-order valence-corrected chi connectivity index (χ4v) is 6.54. The van der Waals surface area contributed by atoms with Crippen molar-refractivity contribution in [3.8, 4) is 0 Å². The van der Waals surface area contributed by atoms with Gasteiger partial charge >= 0.3 is 0 Å². The van der Waals surface area contributed by atoms with E-state index in [1.54, 1.807) is 6.07 Å². The Kier molecular flexibility index (Phi) is 3.66. The minimum absolute atomic E-state index is 0.0419. The fraction of sp³-hybridized carbons (Fsp3) is 0.500. The highest BCUT2D eigenvalue weighted by Gasteiger charge is 2.31. The van der Waals surface area contributed by atoms with Crippen molar-refractivity contribution in [2.45, 2.75) is 4.21 Å². The zero-order chi connectivity index (χ0) is 12.7. The van der Waals surface area contributed by atoms with E-state index in [1.807, 2.05) is 0 Å². The molecule has 0 spiro atoms. The molecular weight excluding hydrogens is 350 g/mol. The number of hydrogen-bond acceptors (Lipinski definition) is 5. The Morgan fingerprint density at radius 2 is 1.82 bits per heavy atom. The minimum Gasteiger partial charge on any atom is -0.229 e. The van der Waals surface area contributed by atoms with Gasteiger partial charge in [0.15, 0.2) is 9.84 Å². The number of sulfonamides is 1. The van der Waals surface area contributed by atoms with Gasteiger partial charge < -0.3 is 0 Å². The Labute approximate surface area is 113 Å². The van der Waals surface area contributed by atoms with Crippen LogP contribution in [0.5, 0.6) is 0 Å². The van der Waals surface area contributed by atoms with Gasteiger partial charge in [0.05, 0.1) is 15.3 Å². The molecule has 1 aliphatic heterocycles. The summed E-state index contributed by atoms with van der Waals surface area (Å²) >= 11 is 4.33. The number of sulfone groups is 1. The van der Waals surface area contributed by atoms with E-state index >= 15 is 0 Å². The summed E-state index contributed by atoms with van der Waals surface area (Å²) in [5.41, 5.74) is 0. The van der Waals surface area contributed by atoms with E-state index in [-0.39, 0.29) is 28.8 Å². The first-order valence-electron chi connectivity index (χ1n) is 4.77. The second-order valence-electron chi connectivity index (χ2n) is 3.61. The van der Waals surface area contributed by atoms with Crippen LogP contribution in [0, 0.1) is 0 Å². The van der Waals surface area contributed by atoms with Gasteiger partial charge in [-0.25, -0.2) is 16.8 Å². The maximum absolute atomic E-state index is 12.1. The zero-order valence-electron chi connectivity index (χ0n) is 8.67. The Balaban J connectivity index is 2.24. The Hall–Kier alpha value is 0.0400. The predicted octanol–water partition coefficient (Wildman–Crippen LogP) is 0.930. The van der Waals surface area contributed by atoms with Crippen LogP contribution in [0.4, 0.5) is 0 Å². The van der Waals surface area contributed by atoms with Crippen molar-refractivity contribution in [2.24, 2.45) is 0 Å². The van der Waals surface area contributed by atoms with Gasteiger partial charge in [-0.2, -0.15) is 4.31 Å². The van der Waals surface area contributed by atoms with Gasteiger partial charge in [0.25, 0.3) is 10.0 Å². The van der Waals surface area contributed by atoms with Crippen LogP contribution >= 0.6 is 27.3 Å². The van der Waals surface area contributed by atoms with Crippen molar-refractivity contribution in [2.75, 3.05) is 24.6 Å². The normalized spacial score (nSPS) is 21.5. The van der Waals surface area contributed by atoms with E-state index < -0.39 is 19.9 Å². The fourth-order valence-electron chi connectivity index (χ4n) is 1.50. The molecule has 0 N–H and O–H groups in total. The van der Waals surface area contributed by atoms with E-state index in [4.69, 9.17) is 0 Å². The van der Waals surface area contributed by atoms with Crippen molar-refractivity contribution in [3.63, 3.8) is 0 Å². The molecule has 1 aromatic heterocycles. The number of nitrogens with zero attached hydrogens (tertiary/aromatic N) is 1. The Morgan fingerprint density at radius 3 is 2.29 bits per heavy atom. The lowest BCUT2D eigenvalue weighted by atomic mass is 10.6. The molecule has 0 aromatic carbocycles. The summed E-state index contributed by atoms with van der Waals surface area (Å²) in [5, 5.41) is 0. The second-order valence-corrected chi connectivity index (χ2v) is 10.5. The number of hydrogen-bond donors (Lipinski definition) is 0. The highest BCUT2D eigenvalue weighted by molar-refractivity contribution is 9.11. The molecule has 1 fully saturated rings. The van der Waals surface area contributed by atoms with Gasteiger partial charge in [-0.1, -0.05) is 0 Å². The monoisotopic (exact) mass is 359 g/mol. The molecule has 0 aliphatic carbocycles. The first-order chi connectivity index (χ1) is 7.81. The molecule has 1 aromatic rings. The molecule has 2 rings (SSSR count). The van der Waals surface area contributed by atoms with Crippen molar-refractivity contribution in [3.05, 3.63) is 15.9 Å². The molecular formula is C8H10BrNO4S3. The van der Waals surface area contributed by atoms with Crippen LogP contribution in [-0.2, 0) is 19.9 Å². The maximum atomic E-state index is 12.1. The number of thiophene rings is 1. The molecule has 0 radical (unpaired) electrons. The molecule has 0 unspecified atom stereocenters. The van der Waals surface area contributed by atoms with Crippen molar-refractivity contribution in [1.29, 1.82) is 0 Å². The van der Waals surface area contributed by atoms with E-state index in [0.717, 1.165) is 15.1 Å². The summed E-state index contributed by atoms with van der Waals surface area (Å²) in [4.78, 5) is 0. The highest BCUT2D eigenvalue weighted by atomic mass is 79.9. The molecule has 17 heavy (non-hydrogen) atoms. The van der Waals surface area contributed by atoms with Crippen LogP contribution in [0.1, 0.15) is 0 Å². The lowest BCUT2D eigenvalue weighted by Gasteiger charge is -2.25. The summed E-state index contributed by atoms with van der Waals surface area (Å²) < 4.78 is 48.9. The summed E-state index contributed by atoms with van der Waals surface area (Å²) in [6, 6.07) is 3.19. The molecule has 1 saturated heterocycles. The molecule has 0 bridgehead atoms. The van der Waals surface area contributed by atoms with Crippen molar-refractivity contribution < 1.29 is 16.8 Å². The minimum atomic E-state index is -3.53. The predicted molar refractivity (Wildman–Crippen MR) is 69.4 cm³/mol. The standard InChI is InChI=1S/C8H10BrNO4S3/c9-7-1-2-8(15-7)17(13,14)10-3-5-16(11,12)6-4-10/h1-2H,3-6H2. The topological polar surface area (TPSA) is 71.5 Å². The Bertz CT molecular complexity index is 605. The highest BCUT2D eigenvalue weighted by Crippen LogP contribution is 2.29. The SMILES string of the molecule is O=S1(=O)CCN(S(=O)(=O)c2ccc(Br)s2)CC1. The number of halogens is 1. The van der Waals surface area contributed by atoms with Crippen LogP contribution in [-0.4, -0.2) is 45.7 Å². The van der Waals surface area contributed by atoms with Crippen LogP contribution in [0.25, 0.3) is 0 Å². The molecule has 5 nitrogen and oxygen atoms in total. The second kappa shape index (κ2) is 4.61. The van der Waals surface area contributed by atoms with Crippen LogP contribution in [0.3, 0.4) is 0 Å². The van der Waals surface area contributed by atoms with E-state index in [0.29, 0.717) is 0 Å². The third-order valence-electron chi connectivity index (χ3n) is 2.45. The molecule has 1 aliphatic rings. The summed E-state index contributed by atoms with van der Waals surface area (Å²) in [7, 11) is -6.60. The number of rotatable bonds is 2. The average Bonchev–Trinajstić information content (AvgIpc) is 2.65. The lowest BCUT2D eigenvalue weighted by molar-refractivity contribution is 0.432. The summed E-state index contributed by atoms with van der Waals surface area (Å²) in [6.45, 7) is 0.0837. The molecule has 2 heterocycles. The lowest BCUT2D eigenvalue weighted by Crippen LogP contribution is -2.43. The molecule has 0 atom stereocenters. The van der Waals surface area contributed by atoms with Gasteiger partial charge in [0.1, 0.15) is 4.21 Å². The first-order valence-corrected chi connectivity index (χ1v) is 9.64. The maximum Gasteiger partial charge on any atom is 0.252 e. The van der Waals surface area contributed by atoms with Crippen LogP contribution < -0.4 is 0 Å². The average molecular weight is 360 g/mol. The molecule has 0 amide bonds. The quantitative estimate of drug-likeness (QED) is 0.787. The van der Waals surface area contributed by atoms with E-state index in [9.17, 15) is 16.8 Å². The third-order valence-corrected chi connectivity index (χ3v) is 8.04. The van der Waals surface area contributed by atoms with E-state index in [2.05, 4.69) is 15.9 Å². The van der Waals surface area contributed by atoms with Gasteiger partial charge in [-0.15, -0.1) is 11.3 Å². The molecule has 0 saturated carbocycles. The summed E-state index contributed by atoms with van der Waals surface area (Å²) in [5.74, 6) is -0.197. The molecule has 96 valence electrons. The van der Waals surface area contributed by atoms with Gasteiger partial charge in [0.2, 0.25) is 0 Å². The molecule has 9 heteroatoms.